The average molecular weight is 313 g/mol. The standard InChI is InChI=1S/C13H10Cl2N2OS/c14-7-2-1-3-9(4-7)19-12-10(13(17)18)5-8(16)6-11(12)15/h1-6H,16H2,(H2,17,18). The third-order valence-corrected chi connectivity index (χ3v) is 4.13. The molecule has 98 valence electrons. The van der Waals surface area contributed by atoms with Gasteiger partial charge in [-0.3, -0.25) is 4.79 Å². The van der Waals surface area contributed by atoms with Gasteiger partial charge in [0.1, 0.15) is 0 Å². The van der Waals surface area contributed by atoms with E-state index in [1.54, 1.807) is 18.2 Å². The molecule has 0 aliphatic rings. The van der Waals surface area contributed by atoms with Gasteiger partial charge in [0.2, 0.25) is 5.91 Å². The van der Waals surface area contributed by atoms with Crippen molar-refractivity contribution in [1.29, 1.82) is 0 Å². The second-order valence-corrected chi connectivity index (χ2v) is 5.73. The number of benzene rings is 2. The van der Waals surface area contributed by atoms with Crippen molar-refractivity contribution in [1.82, 2.24) is 0 Å². The second kappa shape index (κ2) is 5.74. The molecule has 2 aromatic rings. The van der Waals surface area contributed by atoms with Crippen LogP contribution in [0.25, 0.3) is 0 Å². The van der Waals surface area contributed by atoms with Crippen molar-refractivity contribution in [2.24, 2.45) is 5.73 Å². The van der Waals surface area contributed by atoms with E-state index in [1.807, 2.05) is 12.1 Å². The van der Waals surface area contributed by atoms with Crippen LogP contribution in [0.4, 0.5) is 5.69 Å². The first kappa shape index (κ1) is 14.1. The van der Waals surface area contributed by atoms with Gasteiger partial charge in [-0.1, -0.05) is 41.0 Å². The Hall–Kier alpha value is -1.36. The van der Waals surface area contributed by atoms with Gasteiger partial charge in [-0.25, -0.2) is 0 Å². The molecule has 2 rings (SSSR count). The maximum absolute atomic E-state index is 11.5. The Kier molecular flexibility index (Phi) is 4.24. The third kappa shape index (κ3) is 3.35. The van der Waals surface area contributed by atoms with Gasteiger partial charge in [-0.2, -0.15) is 0 Å². The average Bonchev–Trinajstić information content (AvgIpc) is 2.32. The zero-order chi connectivity index (χ0) is 14.0. The van der Waals surface area contributed by atoms with E-state index >= 15 is 0 Å². The van der Waals surface area contributed by atoms with E-state index in [2.05, 4.69) is 0 Å². The normalized spacial score (nSPS) is 10.4. The molecular weight excluding hydrogens is 303 g/mol. The number of anilines is 1. The summed E-state index contributed by atoms with van der Waals surface area (Å²) in [6.07, 6.45) is 0. The summed E-state index contributed by atoms with van der Waals surface area (Å²) in [4.78, 5) is 12.9. The van der Waals surface area contributed by atoms with Crippen molar-refractivity contribution in [3.63, 3.8) is 0 Å². The summed E-state index contributed by atoms with van der Waals surface area (Å²) in [5.41, 5.74) is 11.7. The number of amides is 1. The van der Waals surface area contributed by atoms with E-state index in [4.69, 9.17) is 34.7 Å². The maximum atomic E-state index is 11.5. The van der Waals surface area contributed by atoms with Crippen LogP contribution in [0.3, 0.4) is 0 Å². The van der Waals surface area contributed by atoms with Crippen LogP contribution in [-0.4, -0.2) is 5.91 Å². The zero-order valence-electron chi connectivity index (χ0n) is 9.69. The maximum Gasteiger partial charge on any atom is 0.249 e. The molecule has 0 atom stereocenters. The van der Waals surface area contributed by atoms with Gasteiger partial charge >= 0.3 is 0 Å². The lowest BCUT2D eigenvalue weighted by Gasteiger charge is -2.10. The Balaban J connectivity index is 2.47. The molecule has 4 N–H and O–H groups in total. The summed E-state index contributed by atoms with van der Waals surface area (Å²) in [6.45, 7) is 0. The Bertz CT molecular complexity index is 647. The number of nitrogen functional groups attached to an aromatic ring is 1. The first-order valence-corrected chi connectivity index (χ1v) is 6.87. The fourth-order valence-corrected chi connectivity index (χ4v) is 3.14. The van der Waals surface area contributed by atoms with E-state index < -0.39 is 5.91 Å². The minimum atomic E-state index is -0.571. The molecule has 0 aliphatic heterocycles. The Morgan fingerprint density at radius 2 is 1.89 bits per heavy atom. The number of rotatable bonds is 3. The molecule has 2 aromatic carbocycles. The van der Waals surface area contributed by atoms with Crippen molar-refractivity contribution in [3.05, 3.63) is 52.0 Å². The monoisotopic (exact) mass is 312 g/mol. The molecule has 0 aromatic heterocycles. The van der Waals surface area contributed by atoms with Gasteiger partial charge < -0.3 is 11.5 Å². The molecule has 0 unspecified atom stereocenters. The van der Waals surface area contributed by atoms with Gasteiger partial charge in [0.15, 0.2) is 0 Å². The molecule has 0 bridgehead atoms. The predicted molar refractivity (Wildman–Crippen MR) is 80.0 cm³/mol. The van der Waals surface area contributed by atoms with Crippen LogP contribution in [0.15, 0.2) is 46.2 Å². The van der Waals surface area contributed by atoms with Crippen LogP contribution in [0.1, 0.15) is 10.4 Å². The van der Waals surface area contributed by atoms with E-state index in [1.165, 1.54) is 17.8 Å². The number of carbonyl (C=O) groups excluding carboxylic acids is 1. The van der Waals surface area contributed by atoms with Crippen LogP contribution in [0, 0.1) is 0 Å². The molecule has 3 nitrogen and oxygen atoms in total. The quantitative estimate of drug-likeness (QED) is 0.846. The lowest BCUT2D eigenvalue weighted by atomic mass is 10.2. The molecule has 0 fully saturated rings. The lowest BCUT2D eigenvalue weighted by Crippen LogP contribution is -2.13. The molecule has 0 aliphatic carbocycles. The van der Waals surface area contributed by atoms with Gasteiger partial charge in [0.05, 0.1) is 10.6 Å². The van der Waals surface area contributed by atoms with E-state index in [-0.39, 0.29) is 0 Å². The minimum absolute atomic E-state index is 0.301. The van der Waals surface area contributed by atoms with Crippen LogP contribution in [0.5, 0.6) is 0 Å². The summed E-state index contributed by atoms with van der Waals surface area (Å²) >= 11 is 13.4. The first-order chi connectivity index (χ1) is 8.97. The Morgan fingerprint density at radius 3 is 2.53 bits per heavy atom. The molecule has 0 radical (unpaired) electrons. The molecule has 1 amide bonds. The highest BCUT2D eigenvalue weighted by Crippen LogP contribution is 2.38. The van der Waals surface area contributed by atoms with E-state index in [9.17, 15) is 4.79 Å². The number of halogens is 2. The van der Waals surface area contributed by atoms with Crippen molar-refractivity contribution in [2.75, 3.05) is 5.73 Å². The fourth-order valence-electron chi connectivity index (χ4n) is 1.55. The lowest BCUT2D eigenvalue weighted by molar-refractivity contribution is 0.0997. The van der Waals surface area contributed by atoms with Crippen LogP contribution in [-0.2, 0) is 0 Å². The van der Waals surface area contributed by atoms with Crippen LogP contribution < -0.4 is 11.5 Å². The SMILES string of the molecule is NC(=O)c1cc(N)cc(Cl)c1Sc1cccc(Cl)c1. The number of carbonyl (C=O) groups is 1. The highest BCUT2D eigenvalue weighted by atomic mass is 35.5. The second-order valence-electron chi connectivity index (χ2n) is 3.80. The number of nitrogens with two attached hydrogens (primary N) is 2. The zero-order valence-corrected chi connectivity index (χ0v) is 12.0. The molecular formula is C13H10Cl2N2OS. The molecule has 0 saturated carbocycles. The summed E-state index contributed by atoms with van der Waals surface area (Å²) in [6, 6.07) is 10.3. The molecule has 6 heteroatoms. The number of primary amides is 1. The van der Waals surface area contributed by atoms with Gasteiger partial charge in [-0.05, 0) is 30.3 Å². The Morgan fingerprint density at radius 1 is 1.16 bits per heavy atom. The van der Waals surface area contributed by atoms with Crippen molar-refractivity contribution in [3.8, 4) is 0 Å². The van der Waals surface area contributed by atoms with E-state index in [0.717, 1.165) is 4.90 Å². The van der Waals surface area contributed by atoms with Crippen molar-refractivity contribution >= 4 is 46.6 Å². The fraction of sp³-hybridized carbons (Fsp3) is 0. The van der Waals surface area contributed by atoms with E-state index in [0.29, 0.717) is 26.2 Å². The highest BCUT2D eigenvalue weighted by Gasteiger charge is 2.14. The van der Waals surface area contributed by atoms with Gasteiger partial charge in [-0.15, -0.1) is 0 Å². The highest BCUT2D eigenvalue weighted by molar-refractivity contribution is 7.99. The summed E-state index contributed by atoms with van der Waals surface area (Å²) < 4.78 is 0. The summed E-state index contributed by atoms with van der Waals surface area (Å²) in [5.74, 6) is -0.571. The van der Waals surface area contributed by atoms with Gasteiger partial charge in [0.25, 0.3) is 0 Å². The van der Waals surface area contributed by atoms with Crippen LogP contribution in [0.2, 0.25) is 10.0 Å². The van der Waals surface area contributed by atoms with Crippen molar-refractivity contribution < 1.29 is 4.79 Å². The smallest absolute Gasteiger partial charge is 0.249 e. The first-order valence-electron chi connectivity index (χ1n) is 5.29. The number of hydrogen-bond acceptors (Lipinski definition) is 3. The molecule has 0 saturated heterocycles. The van der Waals surface area contributed by atoms with Gasteiger partial charge in [0, 0.05) is 20.5 Å². The largest absolute Gasteiger partial charge is 0.399 e. The summed E-state index contributed by atoms with van der Waals surface area (Å²) in [7, 11) is 0. The van der Waals surface area contributed by atoms with Crippen LogP contribution >= 0.6 is 35.0 Å². The number of hydrogen-bond donors (Lipinski definition) is 2. The van der Waals surface area contributed by atoms with Crippen molar-refractivity contribution in [2.45, 2.75) is 9.79 Å². The summed E-state index contributed by atoms with van der Waals surface area (Å²) in [5, 5.41) is 0.996. The molecule has 0 heterocycles. The molecule has 0 spiro atoms. The predicted octanol–water partition coefficient (Wildman–Crippen LogP) is 3.83. The molecule has 19 heavy (non-hydrogen) atoms. The third-order valence-electron chi connectivity index (χ3n) is 2.35. The Labute approximate surface area is 124 Å². The topological polar surface area (TPSA) is 69.1 Å². The minimum Gasteiger partial charge on any atom is -0.399 e.